The number of rotatable bonds is 19. The summed E-state index contributed by atoms with van der Waals surface area (Å²) < 4.78 is 5.61. The molecule has 6 rings (SSSR count). The molecule has 1 saturated carbocycles. The van der Waals surface area contributed by atoms with E-state index in [9.17, 15) is 19.2 Å². The third-order valence-corrected chi connectivity index (χ3v) is 13.1. The largest absolute Gasteiger partial charge is 0.490 e. The van der Waals surface area contributed by atoms with E-state index in [0.717, 1.165) is 109 Å². The topological polar surface area (TPSA) is 147 Å². The van der Waals surface area contributed by atoms with E-state index < -0.39 is 6.04 Å². The maximum atomic E-state index is 14.3. The molecule has 4 fully saturated rings. The number of nitrogens with one attached hydrogen (secondary N) is 2. The number of piperidine rings is 1. The zero-order chi connectivity index (χ0) is 43.0. The normalized spacial score (nSPS) is 19.4. The summed E-state index contributed by atoms with van der Waals surface area (Å²) in [4.78, 5) is 75.7. The molecular formula is C46H72N10O5. The second kappa shape index (κ2) is 23.9. The number of carbonyl (C=O) groups is 4. The first-order valence-electron chi connectivity index (χ1n) is 23.2. The first-order chi connectivity index (χ1) is 29.7. The number of ether oxygens (including phenoxy) is 1. The molecule has 0 radical (unpaired) electrons. The van der Waals surface area contributed by atoms with E-state index in [4.69, 9.17) is 4.74 Å². The lowest BCUT2D eigenvalue weighted by atomic mass is 9.83. The minimum atomic E-state index is -0.543. The number of likely N-dealkylation sites (N-methyl/N-ethyl adjacent to an activating group) is 1. The zero-order valence-corrected chi connectivity index (χ0v) is 37.2. The van der Waals surface area contributed by atoms with Gasteiger partial charge in [-0.2, -0.15) is 0 Å². The molecule has 2 N–H and O–H groups in total. The Hall–Kier alpha value is -4.18. The number of hydrogen-bond donors (Lipinski definition) is 2. The van der Waals surface area contributed by atoms with Crippen LogP contribution in [0.3, 0.4) is 0 Å². The van der Waals surface area contributed by atoms with Crippen LogP contribution in [0.4, 0.5) is 0 Å². The van der Waals surface area contributed by atoms with Gasteiger partial charge in [0.05, 0.1) is 31.6 Å². The van der Waals surface area contributed by atoms with Gasteiger partial charge in [-0.1, -0.05) is 38.3 Å². The van der Waals surface area contributed by atoms with Gasteiger partial charge >= 0.3 is 0 Å². The summed E-state index contributed by atoms with van der Waals surface area (Å²) in [6.45, 7) is 16.3. The Labute approximate surface area is 363 Å². The summed E-state index contributed by atoms with van der Waals surface area (Å²) in [6.07, 6.45) is 12.0. The van der Waals surface area contributed by atoms with Gasteiger partial charge in [0.25, 0.3) is 5.91 Å². The maximum Gasteiger partial charge on any atom is 0.251 e. The number of nitrogens with zero attached hydrogens (tertiary/aromatic N) is 8. The van der Waals surface area contributed by atoms with Crippen LogP contribution in [0.1, 0.15) is 86.8 Å². The number of hydrogen-bond acceptors (Lipinski definition) is 11. The molecule has 1 aromatic carbocycles. The van der Waals surface area contributed by atoms with Crippen LogP contribution in [0, 0.1) is 11.8 Å². The van der Waals surface area contributed by atoms with Gasteiger partial charge in [-0.3, -0.25) is 29.0 Å². The van der Waals surface area contributed by atoms with Crippen LogP contribution >= 0.6 is 0 Å². The molecule has 15 nitrogen and oxygen atoms in total. The molecule has 1 atom stereocenters. The van der Waals surface area contributed by atoms with Crippen molar-refractivity contribution in [1.29, 1.82) is 0 Å². The van der Waals surface area contributed by atoms with Crippen molar-refractivity contribution in [2.45, 2.75) is 84.2 Å². The Morgan fingerprint density at radius 2 is 1.61 bits per heavy atom. The number of benzene rings is 1. The van der Waals surface area contributed by atoms with E-state index in [1.807, 2.05) is 45.9 Å². The third-order valence-electron chi connectivity index (χ3n) is 13.1. The quantitative estimate of drug-likeness (QED) is 0.215. The van der Waals surface area contributed by atoms with Crippen molar-refractivity contribution >= 4 is 23.6 Å². The van der Waals surface area contributed by atoms with E-state index >= 15 is 0 Å². The van der Waals surface area contributed by atoms with Gasteiger partial charge in [-0.25, -0.2) is 9.97 Å². The van der Waals surface area contributed by atoms with Gasteiger partial charge in [0, 0.05) is 84.1 Å². The van der Waals surface area contributed by atoms with Crippen LogP contribution in [0.15, 0.2) is 36.8 Å². The number of aromatic nitrogens is 2. The lowest BCUT2D eigenvalue weighted by molar-refractivity contribution is -0.137. The summed E-state index contributed by atoms with van der Waals surface area (Å²) in [6, 6.07) is 7.07. The SMILES string of the molecule is CCCN(CCc1cccc(C(=O)NC(C(=O)N2CCN(CC3CCN(CC(=O)N4CCN(C)CC4)CC3)CC2)C2CCCCC2)c1)C(=O)CNCc1ncncc1OCC. The Morgan fingerprint density at radius 3 is 2.33 bits per heavy atom. The number of carbonyl (C=O) groups excluding carboxylic acids is 4. The van der Waals surface area contributed by atoms with Crippen LogP contribution in [-0.2, 0) is 27.3 Å². The van der Waals surface area contributed by atoms with Gasteiger partial charge in [0.1, 0.15) is 12.4 Å². The summed E-state index contributed by atoms with van der Waals surface area (Å²) in [7, 11) is 2.11. The fourth-order valence-electron chi connectivity index (χ4n) is 9.37. The molecule has 4 amide bonds. The van der Waals surface area contributed by atoms with Crippen LogP contribution in [-0.4, -0.2) is 181 Å². The highest BCUT2D eigenvalue weighted by Gasteiger charge is 2.36. The van der Waals surface area contributed by atoms with Crippen molar-refractivity contribution < 1.29 is 23.9 Å². The molecule has 15 heteroatoms. The summed E-state index contributed by atoms with van der Waals surface area (Å²) in [5.74, 6) is 1.43. The fraction of sp³-hybridized carbons (Fsp3) is 0.696. The van der Waals surface area contributed by atoms with Crippen LogP contribution in [0.25, 0.3) is 0 Å². The highest BCUT2D eigenvalue weighted by molar-refractivity contribution is 5.97. The maximum absolute atomic E-state index is 14.3. The smallest absolute Gasteiger partial charge is 0.251 e. The first-order valence-corrected chi connectivity index (χ1v) is 23.2. The van der Waals surface area contributed by atoms with Crippen molar-refractivity contribution in [2.24, 2.45) is 11.8 Å². The predicted molar refractivity (Wildman–Crippen MR) is 236 cm³/mol. The zero-order valence-electron chi connectivity index (χ0n) is 37.2. The minimum Gasteiger partial charge on any atom is -0.490 e. The number of piperazine rings is 2. The molecule has 3 aliphatic heterocycles. The van der Waals surface area contributed by atoms with E-state index in [-0.39, 0.29) is 36.1 Å². The van der Waals surface area contributed by atoms with E-state index in [2.05, 4.69) is 49.3 Å². The van der Waals surface area contributed by atoms with Crippen LogP contribution < -0.4 is 15.4 Å². The van der Waals surface area contributed by atoms with Crippen molar-refractivity contribution in [3.63, 3.8) is 0 Å². The van der Waals surface area contributed by atoms with E-state index in [1.165, 1.54) is 12.7 Å². The molecule has 1 aromatic heterocycles. The standard InChI is InChI=1S/C46H72N10O5/c1-4-17-54(42(57)32-47-30-40-41(61-5-2)31-48-35-49-40)20-16-36-10-9-13-39(29-36)45(59)50-44(38-11-7-6-8-12-38)46(60)56-27-23-53(24-28-56)33-37-14-18-52(19-15-37)34-43(58)55-25-21-51(3)22-26-55/h9-10,13,29,31,35,37-38,44,47H,4-8,11-12,14-28,30,32-34H2,1-3H3,(H,50,59). The van der Waals surface area contributed by atoms with Gasteiger partial charge in [-0.15, -0.1) is 0 Å². The predicted octanol–water partition coefficient (Wildman–Crippen LogP) is 2.76. The second-order valence-corrected chi connectivity index (χ2v) is 17.6. The average molecular weight is 845 g/mol. The lowest BCUT2D eigenvalue weighted by Crippen LogP contribution is -2.57. The molecule has 336 valence electrons. The van der Waals surface area contributed by atoms with Gasteiger partial charge in [-0.05, 0) is 95.1 Å². The minimum absolute atomic E-state index is 0.00378. The molecular weight excluding hydrogens is 773 g/mol. The van der Waals surface area contributed by atoms with Crippen molar-refractivity contribution in [3.05, 3.63) is 53.6 Å². The number of amides is 4. The van der Waals surface area contributed by atoms with Crippen molar-refractivity contribution in [2.75, 3.05) is 112 Å². The van der Waals surface area contributed by atoms with Crippen molar-refractivity contribution in [1.82, 2.24) is 50.0 Å². The summed E-state index contributed by atoms with van der Waals surface area (Å²) in [5.41, 5.74) is 2.22. The molecule has 2 aromatic rings. The fourth-order valence-corrected chi connectivity index (χ4v) is 9.37. The molecule has 4 heterocycles. The Kier molecular flexibility index (Phi) is 18.1. The lowest BCUT2D eigenvalue weighted by Gasteiger charge is -2.41. The first kappa shape index (κ1) is 46.3. The van der Waals surface area contributed by atoms with Gasteiger partial charge < -0.3 is 35.0 Å². The third kappa shape index (κ3) is 13.9. The van der Waals surface area contributed by atoms with Crippen LogP contribution in [0.2, 0.25) is 0 Å². The highest BCUT2D eigenvalue weighted by atomic mass is 16.5. The Morgan fingerprint density at radius 1 is 0.869 bits per heavy atom. The molecule has 61 heavy (non-hydrogen) atoms. The monoisotopic (exact) mass is 845 g/mol. The molecule has 4 aliphatic rings. The molecule has 0 bridgehead atoms. The summed E-state index contributed by atoms with van der Waals surface area (Å²) in [5, 5.41) is 6.44. The molecule has 1 unspecified atom stereocenters. The molecule has 0 spiro atoms. The molecule has 1 aliphatic carbocycles. The van der Waals surface area contributed by atoms with Gasteiger partial charge in [0.2, 0.25) is 17.7 Å². The van der Waals surface area contributed by atoms with Crippen LogP contribution in [0.5, 0.6) is 5.75 Å². The average Bonchev–Trinajstić information content (AvgIpc) is 3.28. The number of likely N-dealkylation sites (tertiary alicyclic amines) is 1. The Balaban J connectivity index is 0.962. The van der Waals surface area contributed by atoms with Crippen molar-refractivity contribution in [3.8, 4) is 5.75 Å². The van der Waals surface area contributed by atoms with E-state index in [1.54, 1.807) is 6.20 Å². The Bertz CT molecular complexity index is 1700. The molecule has 3 saturated heterocycles. The van der Waals surface area contributed by atoms with E-state index in [0.29, 0.717) is 75.2 Å². The van der Waals surface area contributed by atoms with Gasteiger partial charge in [0.15, 0.2) is 5.75 Å². The highest BCUT2D eigenvalue weighted by Crippen LogP contribution is 2.28. The summed E-state index contributed by atoms with van der Waals surface area (Å²) >= 11 is 0. The second-order valence-electron chi connectivity index (χ2n) is 17.6.